The van der Waals surface area contributed by atoms with E-state index in [9.17, 15) is 4.79 Å². The number of carbonyl (C=O) groups excluding carboxylic acids is 1. The van der Waals surface area contributed by atoms with Gasteiger partial charge in [-0.2, -0.15) is 0 Å². The normalized spacial score (nSPS) is 11.1. The molecule has 0 aliphatic rings. The van der Waals surface area contributed by atoms with E-state index < -0.39 is 0 Å². The smallest absolute Gasteiger partial charge is 0.305 e. The maximum Gasteiger partial charge on any atom is 0.305 e. The molecule has 0 atom stereocenters. The minimum absolute atomic E-state index is 0.175. The number of unbranched alkanes of at least 4 members (excludes halogenated alkanes) is 1. The zero-order valence-electron chi connectivity index (χ0n) is 13.7. The van der Waals surface area contributed by atoms with Gasteiger partial charge in [0, 0.05) is 24.4 Å². The van der Waals surface area contributed by atoms with Gasteiger partial charge in [-0.1, -0.05) is 35.5 Å². The molecule has 1 aromatic carbocycles. The van der Waals surface area contributed by atoms with Crippen LogP contribution in [0.1, 0.15) is 37.4 Å². The van der Waals surface area contributed by atoms with Crippen molar-refractivity contribution in [3.63, 3.8) is 0 Å². The van der Waals surface area contributed by atoms with E-state index in [2.05, 4.69) is 15.1 Å². The monoisotopic (exact) mass is 327 g/mol. The first-order chi connectivity index (χ1) is 11.8. The van der Waals surface area contributed by atoms with E-state index in [0.717, 1.165) is 12.0 Å². The molecule has 0 saturated carbocycles. The molecule has 0 saturated heterocycles. The SMILES string of the molecule is CCOC(=O)CCCCO/N=C(\c1ccccc1)c1cnccn1. The molecule has 0 amide bonds. The lowest BCUT2D eigenvalue weighted by atomic mass is 10.1. The summed E-state index contributed by atoms with van der Waals surface area (Å²) in [5.41, 5.74) is 2.19. The minimum Gasteiger partial charge on any atom is -0.466 e. The molecule has 1 aromatic heterocycles. The first-order valence-electron chi connectivity index (χ1n) is 7.98. The Morgan fingerprint density at radius 2 is 2.00 bits per heavy atom. The Morgan fingerprint density at radius 3 is 2.71 bits per heavy atom. The van der Waals surface area contributed by atoms with Gasteiger partial charge in [0.25, 0.3) is 0 Å². The Morgan fingerprint density at radius 1 is 1.17 bits per heavy atom. The maximum absolute atomic E-state index is 11.2. The average molecular weight is 327 g/mol. The molecular formula is C18H21N3O3. The summed E-state index contributed by atoms with van der Waals surface area (Å²) < 4.78 is 4.88. The van der Waals surface area contributed by atoms with E-state index in [1.54, 1.807) is 25.5 Å². The van der Waals surface area contributed by atoms with Crippen molar-refractivity contribution in [1.82, 2.24) is 9.97 Å². The van der Waals surface area contributed by atoms with Crippen molar-refractivity contribution in [2.75, 3.05) is 13.2 Å². The topological polar surface area (TPSA) is 73.7 Å². The first kappa shape index (κ1) is 17.6. The van der Waals surface area contributed by atoms with Crippen molar-refractivity contribution in [3.8, 4) is 0 Å². The highest BCUT2D eigenvalue weighted by Crippen LogP contribution is 2.09. The third-order valence-electron chi connectivity index (χ3n) is 3.18. The Bertz CT molecular complexity index is 604. The second kappa shape index (κ2) is 10.1. The molecular weight excluding hydrogens is 306 g/mol. The van der Waals surface area contributed by atoms with Gasteiger partial charge in [-0.15, -0.1) is 0 Å². The highest BCUT2D eigenvalue weighted by molar-refractivity contribution is 6.11. The van der Waals surface area contributed by atoms with E-state index in [-0.39, 0.29) is 5.97 Å². The van der Waals surface area contributed by atoms with Gasteiger partial charge in [-0.05, 0) is 19.8 Å². The number of aromatic nitrogens is 2. The van der Waals surface area contributed by atoms with Gasteiger partial charge in [0.05, 0.1) is 12.8 Å². The predicted molar refractivity (Wildman–Crippen MR) is 90.5 cm³/mol. The van der Waals surface area contributed by atoms with Gasteiger partial charge >= 0.3 is 5.97 Å². The molecule has 6 nitrogen and oxygen atoms in total. The van der Waals surface area contributed by atoms with Crippen LogP contribution in [0.25, 0.3) is 0 Å². The van der Waals surface area contributed by atoms with Crippen LogP contribution >= 0.6 is 0 Å². The lowest BCUT2D eigenvalue weighted by molar-refractivity contribution is -0.143. The van der Waals surface area contributed by atoms with E-state index in [1.807, 2.05) is 30.3 Å². The lowest BCUT2D eigenvalue weighted by Crippen LogP contribution is -2.08. The Hall–Kier alpha value is -2.76. The van der Waals surface area contributed by atoms with Crippen molar-refractivity contribution >= 4 is 11.7 Å². The molecule has 0 spiro atoms. The van der Waals surface area contributed by atoms with E-state index in [1.165, 1.54) is 0 Å². The molecule has 2 aromatic rings. The Balaban J connectivity index is 1.91. The molecule has 6 heteroatoms. The number of benzene rings is 1. The van der Waals surface area contributed by atoms with Crippen LogP contribution in [0, 0.1) is 0 Å². The fraction of sp³-hybridized carbons (Fsp3) is 0.333. The number of rotatable bonds is 9. The van der Waals surface area contributed by atoms with Crippen molar-refractivity contribution < 1.29 is 14.4 Å². The molecule has 0 N–H and O–H groups in total. The first-order valence-corrected chi connectivity index (χ1v) is 7.98. The molecule has 0 unspecified atom stereocenters. The summed E-state index contributed by atoms with van der Waals surface area (Å²) in [5, 5.41) is 4.22. The summed E-state index contributed by atoms with van der Waals surface area (Å²) in [5.74, 6) is -0.175. The van der Waals surface area contributed by atoms with Gasteiger partial charge in [0.2, 0.25) is 0 Å². The van der Waals surface area contributed by atoms with Crippen molar-refractivity contribution in [3.05, 3.63) is 60.2 Å². The van der Waals surface area contributed by atoms with E-state index >= 15 is 0 Å². The summed E-state index contributed by atoms with van der Waals surface area (Å²) in [7, 11) is 0. The highest BCUT2D eigenvalue weighted by atomic mass is 16.6. The standard InChI is InChI=1S/C18H21N3O3/c1-2-23-17(22)10-6-7-13-24-21-18(15-8-4-3-5-9-15)16-14-19-11-12-20-16/h3-5,8-9,11-12,14H,2,6-7,10,13H2,1H3/b21-18+. The second-order valence-corrected chi connectivity index (χ2v) is 4.99. The zero-order valence-corrected chi connectivity index (χ0v) is 13.7. The third kappa shape index (κ3) is 5.79. The quantitative estimate of drug-likeness (QED) is 0.306. The third-order valence-corrected chi connectivity index (χ3v) is 3.18. The molecule has 24 heavy (non-hydrogen) atoms. The van der Waals surface area contributed by atoms with Crippen molar-refractivity contribution in [2.24, 2.45) is 5.16 Å². The number of hydrogen-bond acceptors (Lipinski definition) is 6. The minimum atomic E-state index is -0.175. The van der Waals surface area contributed by atoms with Gasteiger partial charge in [0.1, 0.15) is 18.0 Å². The van der Waals surface area contributed by atoms with Gasteiger partial charge < -0.3 is 9.57 Å². The number of carbonyl (C=O) groups is 1. The molecule has 0 radical (unpaired) electrons. The second-order valence-electron chi connectivity index (χ2n) is 4.99. The predicted octanol–water partition coefficient (Wildman–Crippen LogP) is 2.98. The Labute approximate surface area is 141 Å². The summed E-state index contributed by atoms with van der Waals surface area (Å²) in [6.07, 6.45) is 6.72. The van der Waals surface area contributed by atoms with Crippen molar-refractivity contribution in [1.29, 1.82) is 0 Å². The summed E-state index contributed by atoms with van der Waals surface area (Å²) in [6, 6.07) is 9.68. The lowest BCUT2D eigenvalue weighted by Gasteiger charge is -2.06. The van der Waals surface area contributed by atoms with Crippen LogP contribution in [-0.2, 0) is 14.4 Å². The average Bonchev–Trinajstić information content (AvgIpc) is 2.63. The summed E-state index contributed by atoms with van der Waals surface area (Å²) >= 11 is 0. The van der Waals surface area contributed by atoms with Crippen molar-refractivity contribution in [2.45, 2.75) is 26.2 Å². The fourth-order valence-corrected chi connectivity index (χ4v) is 2.04. The number of esters is 1. The number of oxime groups is 1. The number of hydrogen-bond donors (Lipinski definition) is 0. The van der Waals surface area contributed by atoms with Crippen LogP contribution in [0.5, 0.6) is 0 Å². The molecule has 1 heterocycles. The summed E-state index contributed by atoms with van der Waals surface area (Å²) in [6.45, 7) is 2.64. The highest BCUT2D eigenvalue weighted by Gasteiger charge is 2.09. The molecule has 0 aliphatic carbocycles. The fourth-order valence-electron chi connectivity index (χ4n) is 2.04. The molecule has 0 bridgehead atoms. The molecule has 0 fully saturated rings. The van der Waals surface area contributed by atoms with Crippen LogP contribution in [0.15, 0.2) is 54.1 Å². The number of nitrogens with zero attached hydrogens (tertiary/aromatic N) is 3. The number of ether oxygens (including phenoxy) is 1. The van der Waals surface area contributed by atoms with Crippen LogP contribution < -0.4 is 0 Å². The summed E-state index contributed by atoms with van der Waals surface area (Å²) in [4.78, 5) is 25.0. The van der Waals surface area contributed by atoms with Gasteiger partial charge in [-0.3, -0.25) is 14.8 Å². The van der Waals surface area contributed by atoms with E-state index in [4.69, 9.17) is 9.57 Å². The molecule has 2 rings (SSSR count). The zero-order chi connectivity index (χ0) is 17.0. The molecule has 0 aliphatic heterocycles. The van der Waals surface area contributed by atoms with E-state index in [0.29, 0.717) is 37.5 Å². The van der Waals surface area contributed by atoms with Gasteiger partial charge in [0.15, 0.2) is 0 Å². The molecule has 126 valence electrons. The van der Waals surface area contributed by atoms with Gasteiger partial charge in [-0.25, -0.2) is 0 Å². The van der Waals surface area contributed by atoms with Crippen LogP contribution in [0.4, 0.5) is 0 Å². The Kier molecular flexibility index (Phi) is 7.40. The maximum atomic E-state index is 11.2. The van der Waals surface area contributed by atoms with Crippen LogP contribution in [-0.4, -0.2) is 34.9 Å². The van der Waals surface area contributed by atoms with Crippen LogP contribution in [0.2, 0.25) is 0 Å². The van der Waals surface area contributed by atoms with Crippen LogP contribution in [0.3, 0.4) is 0 Å². The largest absolute Gasteiger partial charge is 0.466 e.